The van der Waals surface area contributed by atoms with Gasteiger partial charge in [0.2, 0.25) is 0 Å². The van der Waals surface area contributed by atoms with Crippen LogP contribution in [0, 0.1) is 5.92 Å². The highest BCUT2D eigenvalue weighted by atomic mass is 16.3. The van der Waals surface area contributed by atoms with Gasteiger partial charge in [0.25, 0.3) is 0 Å². The minimum absolute atomic E-state index is 0.475. The standard InChI is InChI=1S/C13H24N2O/c1-2-11-5-7-13(16,8-6-11)10-15-12-4-3-9-14-12/h11,16H,2-10H2,1H3,(H,14,15). The lowest BCUT2D eigenvalue weighted by Crippen LogP contribution is -2.45. The van der Waals surface area contributed by atoms with Gasteiger partial charge in [-0.1, -0.05) is 13.3 Å². The Kier molecular flexibility index (Phi) is 3.85. The molecule has 1 saturated carbocycles. The van der Waals surface area contributed by atoms with Crippen molar-refractivity contribution in [1.29, 1.82) is 0 Å². The van der Waals surface area contributed by atoms with Crippen molar-refractivity contribution in [3.05, 3.63) is 0 Å². The average Bonchev–Trinajstić information content (AvgIpc) is 2.81. The Hall–Kier alpha value is -0.570. The first kappa shape index (κ1) is 11.9. The van der Waals surface area contributed by atoms with Crippen molar-refractivity contribution in [3.8, 4) is 0 Å². The van der Waals surface area contributed by atoms with Crippen LogP contribution in [0.3, 0.4) is 0 Å². The summed E-state index contributed by atoms with van der Waals surface area (Å²) in [6.45, 7) is 3.90. The maximum Gasteiger partial charge on any atom is 0.0964 e. The molecular weight excluding hydrogens is 200 g/mol. The Bertz CT molecular complexity index is 255. The number of aliphatic hydroxyl groups is 1. The summed E-state index contributed by atoms with van der Waals surface area (Å²) >= 11 is 0. The highest BCUT2D eigenvalue weighted by Crippen LogP contribution is 2.33. The first-order valence-corrected chi connectivity index (χ1v) is 6.71. The molecule has 0 radical (unpaired) electrons. The topological polar surface area (TPSA) is 44.6 Å². The van der Waals surface area contributed by atoms with Gasteiger partial charge < -0.3 is 10.4 Å². The number of hydrogen-bond acceptors (Lipinski definition) is 3. The molecule has 2 aliphatic rings. The first-order valence-electron chi connectivity index (χ1n) is 6.71. The Balaban J connectivity index is 1.75. The Labute approximate surface area is 98.3 Å². The van der Waals surface area contributed by atoms with Crippen LogP contribution in [0.5, 0.6) is 0 Å². The van der Waals surface area contributed by atoms with E-state index < -0.39 is 5.60 Å². The molecule has 2 rings (SSSR count). The van der Waals surface area contributed by atoms with Crippen LogP contribution in [0.15, 0.2) is 4.99 Å². The fourth-order valence-corrected chi connectivity index (χ4v) is 2.75. The minimum atomic E-state index is -0.475. The van der Waals surface area contributed by atoms with Crippen LogP contribution in [-0.4, -0.2) is 29.6 Å². The number of aliphatic imine (C=N–C) groups is 1. The Morgan fingerprint density at radius 2 is 2.19 bits per heavy atom. The maximum atomic E-state index is 10.4. The third-order valence-corrected chi connectivity index (χ3v) is 4.11. The van der Waals surface area contributed by atoms with Crippen LogP contribution >= 0.6 is 0 Å². The van der Waals surface area contributed by atoms with E-state index in [4.69, 9.17) is 0 Å². The molecule has 0 unspecified atom stereocenters. The van der Waals surface area contributed by atoms with Crippen LogP contribution in [0.25, 0.3) is 0 Å². The molecular formula is C13H24N2O. The fraction of sp³-hybridized carbons (Fsp3) is 0.923. The number of rotatable bonds is 3. The van der Waals surface area contributed by atoms with Crippen LogP contribution in [0.2, 0.25) is 0 Å². The van der Waals surface area contributed by atoms with Crippen molar-refractivity contribution >= 4 is 5.84 Å². The monoisotopic (exact) mass is 224 g/mol. The second kappa shape index (κ2) is 5.17. The van der Waals surface area contributed by atoms with Gasteiger partial charge in [-0.05, 0) is 38.0 Å². The maximum absolute atomic E-state index is 10.4. The molecule has 0 bridgehead atoms. The van der Waals surface area contributed by atoms with E-state index in [1.54, 1.807) is 0 Å². The molecule has 0 aromatic heterocycles. The lowest BCUT2D eigenvalue weighted by atomic mass is 9.78. The van der Waals surface area contributed by atoms with E-state index in [1.807, 2.05) is 0 Å². The molecule has 1 heterocycles. The predicted molar refractivity (Wildman–Crippen MR) is 66.7 cm³/mol. The molecule has 0 atom stereocenters. The summed E-state index contributed by atoms with van der Waals surface area (Å²) in [5.74, 6) is 1.94. The van der Waals surface area contributed by atoms with E-state index in [-0.39, 0.29) is 0 Å². The predicted octanol–water partition coefficient (Wildman–Crippen LogP) is 2.10. The summed E-state index contributed by atoms with van der Waals surface area (Å²) in [4.78, 5) is 4.38. The van der Waals surface area contributed by atoms with E-state index in [1.165, 1.54) is 25.7 Å². The molecule has 16 heavy (non-hydrogen) atoms. The normalized spacial score (nSPS) is 34.9. The summed E-state index contributed by atoms with van der Waals surface area (Å²) < 4.78 is 0. The fourth-order valence-electron chi connectivity index (χ4n) is 2.75. The van der Waals surface area contributed by atoms with Crippen LogP contribution in [0.1, 0.15) is 51.9 Å². The van der Waals surface area contributed by atoms with Gasteiger partial charge in [-0.15, -0.1) is 0 Å². The molecule has 1 aliphatic carbocycles. The molecule has 1 aliphatic heterocycles. The quantitative estimate of drug-likeness (QED) is 0.771. The molecule has 0 aromatic carbocycles. The zero-order chi connectivity index (χ0) is 11.4. The Morgan fingerprint density at radius 1 is 1.44 bits per heavy atom. The molecule has 2 N–H and O–H groups in total. The average molecular weight is 224 g/mol. The summed E-state index contributed by atoms with van der Waals surface area (Å²) in [6.07, 6.45) is 7.75. The minimum Gasteiger partial charge on any atom is -0.388 e. The van der Waals surface area contributed by atoms with E-state index in [2.05, 4.69) is 17.2 Å². The van der Waals surface area contributed by atoms with Crippen LogP contribution < -0.4 is 5.32 Å². The van der Waals surface area contributed by atoms with Gasteiger partial charge in [-0.2, -0.15) is 0 Å². The van der Waals surface area contributed by atoms with Crippen molar-refractivity contribution in [2.45, 2.75) is 57.5 Å². The van der Waals surface area contributed by atoms with Gasteiger partial charge in [0.05, 0.1) is 11.4 Å². The summed E-state index contributed by atoms with van der Waals surface area (Å²) in [5.41, 5.74) is -0.475. The van der Waals surface area contributed by atoms with E-state index in [0.29, 0.717) is 6.54 Å². The zero-order valence-electron chi connectivity index (χ0n) is 10.3. The van der Waals surface area contributed by atoms with Gasteiger partial charge in [-0.3, -0.25) is 4.99 Å². The molecule has 1 fully saturated rings. The first-order chi connectivity index (χ1) is 7.72. The van der Waals surface area contributed by atoms with Crippen molar-refractivity contribution in [2.75, 3.05) is 13.1 Å². The summed E-state index contributed by atoms with van der Waals surface area (Å²) in [7, 11) is 0. The van der Waals surface area contributed by atoms with Crippen molar-refractivity contribution in [2.24, 2.45) is 10.9 Å². The largest absolute Gasteiger partial charge is 0.388 e. The van der Waals surface area contributed by atoms with Crippen molar-refractivity contribution in [1.82, 2.24) is 5.32 Å². The van der Waals surface area contributed by atoms with Gasteiger partial charge in [0.15, 0.2) is 0 Å². The smallest absolute Gasteiger partial charge is 0.0964 e. The molecule has 0 amide bonds. The number of nitrogens with zero attached hydrogens (tertiary/aromatic N) is 1. The second-order valence-corrected chi connectivity index (χ2v) is 5.36. The van der Waals surface area contributed by atoms with Crippen molar-refractivity contribution < 1.29 is 5.11 Å². The highest BCUT2D eigenvalue weighted by molar-refractivity contribution is 5.83. The van der Waals surface area contributed by atoms with Crippen molar-refractivity contribution in [3.63, 3.8) is 0 Å². The number of nitrogens with one attached hydrogen (secondary N) is 1. The van der Waals surface area contributed by atoms with Gasteiger partial charge in [0.1, 0.15) is 0 Å². The lowest BCUT2D eigenvalue weighted by Gasteiger charge is -2.36. The number of hydrogen-bond donors (Lipinski definition) is 2. The molecule has 0 aromatic rings. The highest BCUT2D eigenvalue weighted by Gasteiger charge is 2.32. The summed E-state index contributed by atoms with van der Waals surface area (Å²) in [6, 6.07) is 0. The van der Waals surface area contributed by atoms with Gasteiger partial charge in [0, 0.05) is 19.5 Å². The van der Waals surface area contributed by atoms with Crippen LogP contribution in [-0.2, 0) is 0 Å². The SMILES string of the molecule is CCC1CCC(O)(CNC2=NCCC2)CC1. The second-order valence-electron chi connectivity index (χ2n) is 5.36. The molecule has 3 heteroatoms. The van der Waals surface area contributed by atoms with Gasteiger partial charge in [-0.25, -0.2) is 0 Å². The van der Waals surface area contributed by atoms with E-state index >= 15 is 0 Å². The number of amidine groups is 1. The zero-order valence-corrected chi connectivity index (χ0v) is 10.3. The molecule has 0 spiro atoms. The van der Waals surface area contributed by atoms with Gasteiger partial charge >= 0.3 is 0 Å². The van der Waals surface area contributed by atoms with E-state index in [9.17, 15) is 5.11 Å². The third-order valence-electron chi connectivity index (χ3n) is 4.11. The molecule has 92 valence electrons. The lowest BCUT2D eigenvalue weighted by molar-refractivity contribution is -0.00512. The third kappa shape index (κ3) is 2.97. The van der Waals surface area contributed by atoms with E-state index in [0.717, 1.165) is 37.6 Å². The van der Waals surface area contributed by atoms with Crippen LogP contribution in [0.4, 0.5) is 0 Å². The Morgan fingerprint density at radius 3 is 2.75 bits per heavy atom. The summed E-state index contributed by atoms with van der Waals surface area (Å²) in [5, 5.41) is 13.8. The molecule has 0 saturated heterocycles. The molecule has 3 nitrogen and oxygen atoms in total.